The molecule has 0 radical (unpaired) electrons. The number of fused-ring (bicyclic) bond motifs is 10. The molecule has 5 nitrogen and oxygen atoms in total. The molecule has 0 bridgehead atoms. The van der Waals surface area contributed by atoms with E-state index in [4.69, 9.17) is 8.83 Å². The number of benzene rings is 8. The summed E-state index contributed by atoms with van der Waals surface area (Å²) in [4.78, 5) is 2.35. The molecule has 1 unspecified atom stereocenters. The summed E-state index contributed by atoms with van der Waals surface area (Å²) < 4.78 is 31.1. The summed E-state index contributed by atoms with van der Waals surface area (Å²) in [5, 5.41) is 8.96. The van der Waals surface area contributed by atoms with Gasteiger partial charge in [-0.25, -0.2) is 0 Å². The first-order chi connectivity index (χ1) is 29.6. The highest BCUT2D eigenvalue weighted by molar-refractivity contribution is 7.82. The molecule has 1 aliphatic heterocycles. The van der Waals surface area contributed by atoms with Gasteiger partial charge in [0, 0.05) is 71.8 Å². The standard InChI is InChI=1S/C54H37N2O3P/c57-60(39-14-2-1-3-15-39,40-16-12-32-55(48-20-8-4-13-36(48)24-27-40)37-25-30-53-46(33-37)43-18-6-10-22-51(43)58-53)41-28-29-50-45(35-41)42-17-5-9-21-49(42)56(50)38-26-31-54-47(34-38)44-19-7-11-23-52(44)59-54/h1-23,25-31,33-35H,24,32H2. The van der Waals surface area contributed by atoms with Crippen LogP contribution < -0.4 is 15.5 Å². The van der Waals surface area contributed by atoms with Crippen LogP contribution in [-0.2, 0) is 11.0 Å². The number of allylic oxidation sites excluding steroid dienone is 3. The molecule has 0 spiro atoms. The van der Waals surface area contributed by atoms with Crippen LogP contribution in [0.1, 0.15) is 5.56 Å². The number of para-hydroxylation sites is 4. The summed E-state index contributed by atoms with van der Waals surface area (Å²) in [6, 6.07) is 62.8. The number of hydrogen-bond donors (Lipinski definition) is 0. The lowest BCUT2D eigenvalue weighted by molar-refractivity contribution is 0.591. The van der Waals surface area contributed by atoms with E-state index in [2.05, 4.69) is 155 Å². The average Bonchev–Trinajstić information content (AvgIpc) is 3.99. The Morgan fingerprint density at radius 3 is 1.83 bits per heavy atom. The smallest absolute Gasteiger partial charge is 0.170 e. The van der Waals surface area contributed by atoms with Crippen LogP contribution in [0.25, 0.3) is 71.4 Å². The summed E-state index contributed by atoms with van der Waals surface area (Å²) in [6.45, 7) is 0.591. The van der Waals surface area contributed by atoms with Crippen LogP contribution in [0.4, 0.5) is 11.4 Å². The third-order valence-electron chi connectivity index (χ3n) is 12.2. The van der Waals surface area contributed by atoms with E-state index in [0.717, 1.165) is 104 Å². The van der Waals surface area contributed by atoms with Gasteiger partial charge >= 0.3 is 0 Å². The molecule has 0 saturated carbocycles. The molecule has 0 fully saturated rings. The van der Waals surface area contributed by atoms with E-state index < -0.39 is 7.14 Å². The average molecular weight is 793 g/mol. The second-order valence-corrected chi connectivity index (χ2v) is 18.3. The van der Waals surface area contributed by atoms with E-state index >= 15 is 4.57 Å². The van der Waals surface area contributed by atoms with Gasteiger partial charge in [0.15, 0.2) is 7.14 Å². The minimum atomic E-state index is -3.40. The Kier molecular flexibility index (Phi) is 7.88. The maximum absolute atomic E-state index is 16.4. The molecule has 11 aromatic rings. The molecule has 4 heterocycles. The fraction of sp³-hybridized carbons (Fsp3) is 0.0370. The quantitative estimate of drug-likeness (QED) is 0.163. The summed E-state index contributed by atoms with van der Waals surface area (Å²) in [6.07, 6.45) is 7.09. The lowest BCUT2D eigenvalue weighted by Gasteiger charge is -2.26. The number of hydrogen-bond acceptors (Lipinski definition) is 4. The Bertz CT molecular complexity index is 3610. The molecule has 0 N–H and O–H groups in total. The van der Waals surface area contributed by atoms with Crippen LogP contribution in [0.2, 0.25) is 0 Å². The van der Waals surface area contributed by atoms with Crippen molar-refractivity contribution in [3.63, 3.8) is 0 Å². The van der Waals surface area contributed by atoms with E-state index in [0.29, 0.717) is 13.0 Å². The topological polar surface area (TPSA) is 51.5 Å². The van der Waals surface area contributed by atoms with E-state index in [9.17, 15) is 0 Å². The zero-order valence-corrected chi connectivity index (χ0v) is 33.4. The van der Waals surface area contributed by atoms with E-state index in [1.54, 1.807) is 0 Å². The largest absolute Gasteiger partial charge is 0.456 e. The highest BCUT2D eigenvalue weighted by atomic mass is 31.2. The Hall–Kier alpha value is -7.33. The normalized spacial score (nSPS) is 14.4. The van der Waals surface area contributed by atoms with Crippen molar-refractivity contribution in [3.05, 3.63) is 211 Å². The summed E-state index contributed by atoms with van der Waals surface area (Å²) in [5.41, 5.74) is 10.0. The van der Waals surface area contributed by atoms with Crippen LogP contribution in [0.3, 0.4) is 0 Å². The number of anilines is 2. The SMILES string of the molecule is O=P(C1=CCc2ccccc2N(c2ccc3oc4ccccc4c3c2)CC=C1)(c1ccccc1)c1ccc2c(c1)c1ccccc1n2-c1ccc2oc3ccccc3c2c1. The lowest BCUT2D eigenvalue weighted by atomic mass is 10.1. The molecule has 0 amide bonds. The van der Waals surface area contributed by atoms with Gasteiger partial charge in [-0.3, -0.25) is 0 Å². The third-order valence-corrected chi connectivity index (χ3v) is 15.3. The van der Waals surface area contributed by atoms with Crippen molar-refractivity contribution in [1.29, 1.82) is 0 Å². The second kappa shape index (κ2) is 13.6. The highest BCUT2D eigenvalue weighted by Gasteiger charge is 2.32. The summed E-state index contributed by atoms with van der Waals surface area (Å²) in [7, 11) is -3.40. The number of nitrogens with zero attached hydrogens (tertiary/aromatic N) is 2. The van der Waals surface area contributed by atoms with Gasteiger partial charge < -0.3 is 22.9 Å². The molecule has 1 atom stereocenters. The molecule has 0 saturated heterocycles. The Morgan fingerprint density at radius 1 is 0.467 bits per heavy atom. The van der Waals surface area contributed by atoms with Crippen LogP contribution in [-0.4, -0.2) is 11.1 Å². The lowest BCUT2D eigenvalue weighted by Crippen LogP contribution is -2.18. The maximum atomic E-state index is 16.4. The molecule has 12 rings (SSSR count). The van der Waals surface area contributed by atoms with Gasteiger partial charge in [0.25, 0.3) is 0 Å². The first-order valence-electron chi connectivity index (χ1n) is 20.4. The monoisotopic (exact) mass is 792 g/mol. The summed E-state index contributed by atoms with van der Waals surface area (Å²) >= 11 is 0. The van der Waals surface area contributed by atoms with Crippen molar-refractivity contribution in [2.24, 2.45) is 0 Å². The van der Waals surface area contributed by atoms with Gasteiger partial charge in [0.1, 0.15) is 22.3 Å². The van der Waals surface area contributed by atoms with E-state index in [1.807, 2.05) is 54.6 Å². The molecular formula is C54H37N2O3P. The van der Waals surface area contributed by atoms with Crippen molar-refractivity contribution in [2.75, 3.05) is 11.4 Å². The van der Waals surface area contributed by atoms with Gasteiger partial charge in [-0.2, -0.15) is 0 Å². The Morgan fingerprint density at radius 2 is 1.07 bits per heavy atom. The van der Waals surface area contributed by atoms with Gasteiger partial charge in [0.2, 0.25) is 0 Å². The van der Waals surface area contributed by atoms with Gasteiger partial charge in [0.05, 0.1) is 11.0 Å². The van der Waals surface area contributed by atoms with E-state index in [-0.39, 0.29) is 0 Å². The maximum Gasteiger partial charge on any atom is 0.170 e. The van der Waals surface area contributed by atoms with Crippen LogP contribution in [0, 0.1) is 0 Å². The van der Waals surface area contributed by atoms with Crippen LogP contribution >= 0.6 is 7.14 Å². The molecule has 6 heteroatoms. The Balaban J connectivity index is 1.00. The van der Waals surface area contributed by atoms with Crippen LogP contribution in [0.15, 0.2) is 214 Å². The van der Waals surface area contributed by atoms with E-state index in [1.165, 1.54) is 0 Å². The third kappa shape index (κ3) is 5.36. The van der Waals surface area contributed by atoms with Crippen molar-refractivity contribution in [1.82, 2.24) is 4.57 Å². The minimum Gasteiger partial charge on any atom is -0.456 e. The molecule has 1 aliphatic rings. The van der Waals surface area contributed by atoms with Gasteiger partial charge in [-0.1, -0.05) is 121 Å². The molecule has 8 aromatic carbocycles. The van der Waals surface area contributed by atoms with Crippen LogP contribution in [0.5, 0.6) is 0 Å². The number of aromatic nitrogens is 1. The fourth-order valence-corrected chi connectivity index (χ4v) is 12.1. The van der Waals surface area contributed by atoms with Crippen molar-refractivity contribution >= 4 is 94.8 Å². The van der Waals surface area contributed by atoms with Crippen molar-refractivity contribution in [2.45, 2.75) is 6.42 Å². The molecular weight excluding hydrogens is 756 g/mol. The van der Waals surface area contributed by atoms with Gasteiger partial charge in [-0.15, -0.1) is 0 Å². The number of furan rings is 2. The fourth-order valence-electron chi connectivity index (χ4n) is 9.34. The predicted molar refractivity (Wildman–Crippen MR) is 249 cm³/mol. The predicted octanol–water partition coefficient (Wildman–Crippen LogP) is 13.7. The number of rotatable bonds is 5. The minimum absolute atomic E-state index is 0.591. The van der Waals surface area contributed by atoms with Crippen molar-refractivity contribution in [3.8, 4) is 5.69 Å². The molecule has 60 heavy (non-hydrogen) atoms. The zero-order valence-electron chi connectivity index (χ0n) is 32.5. The van der Waals surface area contributed by atoms with Gasteiger partial charge in [-0.05, 0) is 90.8 Å². The summed E-state index contributed by atoms with van der Waals surface area (Å²) in [5.74, 6) is 0. The Labute approximate surface area is 346 Å². The molecule has 0 aliphatic carbocycles. The van der Waals surface area contributed by atoms with Crippen molar-refractivity contribution < 1.29 is 13.4 Å². The molecule has 286 valence electrons. The highest BCUT2D eigenvalue weighted by Crippen LogP contribution is 2.54. The first-order valence-corrected chi connectivity index (χ1v) is 22.1. The second-order valence-electron chi connectivity index (χ2n) is 15.5. The first kappa shape index (κ1) is 34.7. The zero-order chi connectivity index (χ0) is 39.8. The molecule has 3 aromatic heterocycles.